The monoisotopic (exact) mass is 240 g/mol. The summed E-state index contributed by atoms with van der Waals surface area (Å²) in [4.78, 5) is 2.23. The van der Waals surface area contributed by atoms with Gasteiger partial charge in [0.15, 0.2) is 0 Å². The van der Waals surface area contributed by atoms with Crippen molar-refractivity contribution in [3.05, 3.63) is 23.3 Å². The maximum Gasteiger partial charge on any atom is 0.280 e. The van der Waals surface area contributed by atoms with Crippen molar-refractivity contribution in [3.8, 4) is 0 Å². The highest BCUT2D eigenvalue weighted by Crippen LogP contribution is 2.23. The van der Waals surface area contributed by atoms with Gasteiger partial charge in [-0.2, -0.15) is 4.39 Å². The summed E-state index contributed by atoms with van der Waals surface area (Å²) in [6, 6.07) is 0.568. The topological polar surface area (TPSA) is 73.1 Å². The molecule has 1 rings (SSSR count). The van der Waals surface area contributed by atoms with Crippen molar-refractivity contribution in [3.63, 3.8) is 0 Å². The summed E-state index contributed by atoms with van der Waals surface area (Å²) in [7, 11) is -4.23. The molecular formula is C7H7F3N2O2S. The van der Waals surface area contributed by atoms with Crippen molar-refractivity contribution < 1.29 is 21.6 Å². The molecule has 4 nitrogen and oxygen atoms in total. The Morgan fingerprint density at radius 3 is 2.40 bits per heavy atom. The molecule has 0 saturated heterocycles. The SMILES string of the molecule is Cc1c(S(N)(=O)=O)cc(C(F)F)nc1F. The van der Waals surface area contributed by atoms with Gasteiger partial charge in [-0.1, -0.05) is 0 Å². The summed E-state index contributed by atoms with van der Waals surface area (Å²) in [6.07, 6.45) is -3.06. The van der Waals surface area contributed by atoms with Crippen LogP contribution in [0.1, 0.15) is 17.7 Å². The third-order valence-electron chi connectivity index (χ3n) is 1.72. The summed E-state index contributed by atoms with van der Waals surface area (Å²) >= 11 is 0. The van der Waals surface area contributed by atoms with Gasteiger partial charge in [-0.25, -0.2) is 27.3 Å². The molecule has 15 heavy (non-hydrogen) atoms. The molecule has 0 aliphatic rings. The van der Waals surface area contributed by atoms with Crippen LogP contribution in [0.2, 0.25) is 0 Å². The number of hydrogen-bond donors (Lipinski definition) is 1. The van der Waals surface area contributed by atoms with Gasteiger partial charge < -0.3 is 0 Å². The van der Waals surface area contributed by atoms with Gasteiger partial charge in [-0.05, 0) is 13.0 Å². The standard InChI is InChI=1S/C7H7F3N2O2S/c1-3-5(15(11,13)14)2-4(6(8)9)12-7(3)10/h2,6H,1H3,(H2,11,13,14). The van der Waals surface area contributed by atoms with Gasteiger partial charge in [0.2, 0.25) is 16.0 Å². The smallest absolute Gasteiger partial charge is 0.225 e. The Morgan fingerprint density at radius 2 is 2.00 bits per heavy atom. The fraction of sp³-hybridized carbons (Fsp3) is 0.286. The average molecular weight is 240 g/mol. The molecule has 0 aromatic carbocycles. The van der Waals surface area contributed by atoms with Crippen molar-refractivity contribution in [2.24, 2.45) is 5.14 Å². The second-order valence-corrected chi connectivity index (χ2v) is 4.34. The van der Waals surface area contributed by atoms with Gasteiger partial charge in [0.25, 0.3) is 6.43 Å². The molecule has 0 bridgehead atoms. The van der Waals surface area contributed by atoms with Crippen LogP contribution in [-0.2, 0) is 10.0 Å². The first-order valence-electron chi connectivity index (χ1n) is 3.71. The van der Waals surface area contributed by atoms with E-state index in [-0.39, 0.29) is 5.56 Å². The lowest BCUT2D eigenvalue weighted by atomic mass is 10.2. The molecule has 0 atom stereocenters. The molecule has 0 aliphatic carbocycles. The number of nitrogens with zero attached hydrogens (tertiary/aromatic N) is 1. The summed E-state index contributed by atoms with van der Waals surface area (Å²) < 4.78 is 59.2. The minimum absolute atomic E-state index is 0.373. The molecule has 84 valence electrons. The summed E-state index contributed by atoms with van der Waals surface area (Å²) in [5, 5.41) is 4.73. The van der Waals surface area contributed by atoms with Crippen LogP contribution in [0.4, 0.5) is 13.2 Å². The zero-order valence-electron chi connectivity index (χ0n) is 7.54. The van der Waals surface area contributed by atoms with Crippen LogP contribution in [0, 0.1) is 12.9 Å². The van der Waals surface area contributed by atoms with E-state index in [0.717, 1.165) is 6.92 Å². The molecule has 0 fully saturated rings. The minimum atomic E-state index is -4.23. The molecule has 0 amide bonds. The number of sulfonamides is 1. The average Bonchev–Trinajstić information content (AvgIpc) is 2.06. The van der Waals surface area contributed by atoms with Gasteiger partial charge in [0.05, 0.1) is 4.90 Å². The number of nitrogens with two attached hydrogens (primary N) is 1. The van der Waals surface area contributed by atoms with Crippen LogP contribution in [0.15, 0.2) is 11.0 Å². The molecule has 8 heteroatoms. The summed E-state index contributed by atoms with van der Waals surface area (Å²) in [6.45, 7) is 1.09. The molecule has 1 aromatic rings. The van der Waals surface area contributed by atoms with E-state index in [1.54, 1.807) is 0 Å². The van der Waals surface area contributed by atoms with Gasteiger partial charge in [0, 0.05) is 5.56 Å². The van der Waals surface area contributed by atoms with Crippen molar-refractivity contribution in [2.75, 3.05) is 0 Å². The second kappa shape index (κ2) is 3.78. The van der Waals surface area contributed by atoms with E-state index in [4.69, 9.17) is 5.14 Å². The maximum atomic E-state index is 13.0. The summed E-state index contributed by atoms with van der Waals surface area (Å²) in [5.74, 6) is -1.27. The van der Waals surface area contributed by atoms with E-state index in [0.29, 0.717) is 6.07 Å². The first-order chi connectivity index (χ1) is 6.73. The molecular weight excluding hydrogens is 233 g/mol. The third kappa shape index (κ3) is 2.45. The number of primary sulfonamides is 1. The predicted octanol–water partition coefficient (Wildman–Crippen LogP) is 1.11. The molecule has 1 aromatic heterocycles. The number of hydrogen-bond acceptors (Lipinski definition) is 3. The Balaban J connectivity index is 3.52. The zero-order chi connectivity index (χ0) is 11.8. The Bertz CT molecular complexity index is 487. The van der Waals surface area contributed by atoms with E-state index < -0.39 is 33.0 Å². The first-order valence-corrected chi connectivity index (χ1v) is 5.26. The van der Waals surface area contributed by atoms with Crippen LogP contribution in [-0.4, -0.2) is 13.4 Å². The van der Waals surface area contributed by atoms with E-state index in [1.807, 2.05) is 0 Å². The van der Waals surface area contributed by atoms with Crippen LogP contribution in [0.25, 0.3) is 0 Å². The quantitative estimate of drug-likeness (QED) is 0.787. The Hall–Kier alpha value is -1.15. The summed E-state index contributed by atoms with van der Waals surface area (Å²) in [5.41, 5.74) is -1.33. The van der Waals surface area contributed by atoms with Crippen LogP contribution in [0.5, 0.6) is 0 Å². The first kappa shape index (κ1) is 11.9. The lowest BCUT2D eigenvalue weighted by molar-refractivity contribution is 0.144. The Kier molecular flexibility index (Phi) is 3.00. The normalized spacial score (nSPS) is 12.1. The van der Waals surface area contributed by atoms with Gasteiger partial charge in [-0.3, -0.25) is 0 Å². The molecule has 0 spiro atoms. The fourth-order valence-electron chi connectivity index (χ4n) is 0.981. The number of halogens is 3. The number of rotatable bonds is 2. The Labute approximate surface area is 84.0 Å². The number of alkyl halides is 2. The molecule has 2 N–H and O–H groups in total. The van der Waals surface area contributed by atoms with E-state index in [1.165, 1.54) is 0 Å². The minimum Gasteiger partial charge on any atom is -0.225 e. The largest absolute Gasteiger partial charge is 0.280 e. The maximum absolute atomic E-state index is 13.0. The fourth-order valence-corrected chi connectivity index (χ4v) is 1.78. The van der Waals surface area contributed by atoms with Crippen LogP contribution < -0.4 is 5.14 Å². The molecule has 1 heterocycles. The van der Waals surface area contributed by atoms with E-state index >= 15 is 0 Å². The van der Waals surface area contributed by atoms with Crippen molar-refractivity contribution in [1.82, 2.24) is 4.98 Å². The molecule has 0 saturated carbocycles. The predicted molar refractivity (Wildman–Crippen MR) is 45.3 cm³/mol. The van der Waals surface area contributed by atoms with Gasteiger partial charge in [0.1, 0.15) is 5.69 Å². The highest BCUT2D eigenvalue weighted by molar-refractivity contribution is 7.89. The number of aromatic nitrogens is 1. The van der Waals surface area contributed by atoms with Crippen LogP contribution in [0.3, 0.4) is 0 Å². The Morgan fingerprint density at radius 1 is 1.47 bits per heavy atom. The third-order valence-corrected chi connectivity index (χ3v) is 2.75. The highest BCUT2D eigenvalue weighted by Gasteiger charge is 2.20. The second-order valence-electron chi connectivity index (χ2n) is 2.81. The van der Waals surface area contributed by atoms with Gasteiger partial charge >= 0.3 is 0 Å². The lowest BCUT2D eigenvalue weighted by Gasteiger charge is -2.06. The van der Waals surface area contributed by atoms with Crippen molar-refractivity contribution >= 4 is 10.0 Å². The number of pyridine rings is 1. The van der Waals surface area contributed by atoms with E-state index in [9.17, 15) is 21.6 Å². The highest BCUT2D eigenvalue weighted by atomic mass is 32.2. The molecule has 0 aliphatic heterocycles. The van der Waals surface area contributed by atoms with Crippen molar-refractivity contribution in [1.29, 1.82) is 0 Å². The lowest BCUT2D eigenvalue weighted by Crippen LogP contribution is -2.16. The zero-order valence-corrected chi connectivity index (χ0v) is 8.35. The van der Waals surface area contributed by atoms with E-state index in [2.05, 4.69) is 4.98 Å². The van der Waals surface area contributed by atoms with Crippen LogP contribution >= 0.6 is 0 Å². The van der Waals surface area contributed by atoms with Crippen molar-refractivity contribution in [2.45, 2.75) is 18.2 Å². The molecule has 0 radical (unpaired) electrons. The molecule has 0 unspecified atom stereocenters. The van der Waals surface area contributed by atoms with Gasteiger partial charge in [-0.15, -0.1) is 0 Å².